The summed E-state index contributed by atoms with van der Waals surface area (Å²) in [6.45, 7) is 5.86. The van der Waals surface area contributed by atoms with E-state index in [4.69, 9.17) is 9.47 Å². The SMILES string of the molecule is CC(C)(C)C1(CS(=O)(=O)F)OCCO1. The summed E-state index contributed by atoms with van der Waals surface area (Å²) >= 11 is 0. The van der Waals surface area contributed by atoms with Crippen molar-refractivity contribution < 1.29 is 21.8 Å². The summed E-state index contributed by atoms with van der Waals surface area (Å²) < 4.78 is 44.3. The topological polar surface area (TPSA) is 52.6 Å². The highest BCUT2D eigenvalue weighted by Crippen LogP contribution is 2.39. The number of hydrogen-bond donors (Lipinski definition) is 0. The second-order valence-corrected chi connectivity index (χ2v) is 5.75. The molecular weight excluding hydrogens is 211 g/mol. The molecule has 6 heteroatoms. The van der Waals surface area contributed by atoms with Gasteiger partial charge in [0.25, 0.3) is 0 Å². The van der Waals surface area contributed by atoms with Crippen LogP contribution in [0.25, 0.3) is 0 Å². The lowest BCUT2D eigenvalue weighted by atomic mass is 9.86. The van der Waals surface area contributed by atoms with Crippen molar-refractivity contribution in [3.05, 3.63) is 0 Å². The summed E-state index contributed by atoms with van der Waals surface area (Å²) in [6.07, 6.45) is 0. The molecule has 0 atom stereocenters. The first-order chi connectivity index (χ1) is 6.16. The molecule has 0 N–H and O–H groups in total. The predicted molar refractivity (Wildman–Crippen MR) is 49.0 cm³/mol. The molecule has 1 saturated heterocycles. The van der Waals surface area contributed by atoms with Crippen LogP contribution in [-0.2, 0) is 19.7 Å². The molecule has 0 aromatic rings. The number of halogens is 1. The third-order valence-electron chi connectivity index (χ3n) is 2.26. The zero-order valence-corrected chi connectivity index (χ0v) is 9.36. The van der Waals surface area contributed by atoms with Gasteiger partial charge in [0, 0.05) is 5.41 Å². The lowest BCUT2D eigenvalue weighted by molar-refractivity contribution is -0.205. The predicted octanol–water partition coefficient (Wildman–Crippen LogP) is 1.07. The molecule has 1 fully saturated rings. The van der Waals surface area contributed by atoms with E-state index >= 15 is 0 Å². The first-order valence-corrected chi connectivity index (χ1v) is 5.92. The molecule has 14 heavy (non-hydrogen) atoms. The average molecular weight is 226 g/mol. The van der Waals surface area contributed by atoms with Crippen LogP contribution in [0.5, 0.6) is 0 Å². The maximum Gasteiger partial charge on any atom is 0.307 e. The molecule has 1 rings (SSSR count). The molecule has 0 aromatic carbocycles. The van der Waals surface area contributed by atoms with Crippen LogP contribution in [0.15, 0.2) is 0 Å². The van der Waals surface area contributed by atoms with Crippen molar-refractivity contribution in [2.75, 3.05) is 19.0 Å². The van der Waals surface area contributed by atoms with Crippen LogP contribution in [0.3, 0.4) is 0 Å². The Kier molecular flexibility index (Phi) is 2.91. The van der Waals surface area contributed by atoms with Gasteiger partial charge in [-0.15, -0.1) is 3.89 Å². The summed E-state index contributed by atoms with van der Waals surface area (Å²) in [6, 6.07) is 0. The Morgan fingerprint density at radius 3 is 2.00 bits per heavy atom. The van der Waals surface area contributed by atoms with Gasteiger partial charge >= 0.3 is 10.2 Å². The lowest BCUT2D eigenvalue weighted by Crippen LogP contribution is -2.49. The molecule has 4 nitrogen and oxygen atoms in total. The van der Waals surface area contributed by atoms with Crippen molar-refractivity contribution in [3.8, 4) is 0 Å². The fraction of sp³-hybridized carbons (Fsp3) is 1.00. The third-order valence-corrected chi connectivity index (χ3v) is 2.98. The van der Waals surface area contributed by atoms with Crippen LogP contribution in [-0.4, -0.2) is 33.2 Å². The molecule has 1 aliphatic rings. The summed E-state index contributed by atoms with van der Waals surface area (Å²) in [4.78, 5) is 0. The van der Waals surface area contributed by atoms with Crippen molar-refractivity contribution in [3.63, 3.8) is 0 Å². The summed E-state index contributed by atoms with van der Waals surface area (Å²) in [5.74, 6) is -2.09. The summed E-state index contributed by atoms with van der Waals surface area (Å²) in [5, 5.41) is 0. The van der Waals surface area contributed by atoms with Crippen LogP contribution in [0, 0.1) is 5.41 Å². The van der Waals surface area contributed by atoms with Gasteiger partial charge < -0.3 is 9.47 Å². The van der Waals surface area contributed by atoms with Gasteiger partial charge in [-0.25, -0.2) is 0 Å². The number of hydrogen-bond acceptors (Lipinski definition) is 4. The van der Waals surface area contributed by atoms with E-state index in [1.165, 1.54) is 0 Å². The molecule has 0 bridgehead atoms. The Balaban J connectivity index is 2.95. The maximum absolute atomic E-state index is 12.6. The normalized spacial score (nSPS) is 22.6. The monoisotopic (exact) mass is 226 g/mol. The molecule has 0 aromatic heterocycles. The van der Waals surface area contributed by atoms with E-state index in [0.717, 1.165) is 0 Å². The van der Waals surface area contributed by atoms with E-state index in [9.17, 15) is 12.3 Å². The molecule has 1 aliphatic heterocycles. The Bertz CT molecular complexity index is 298. The molecule has 0 amide bonds. The number of ether oxygens (including phenoxy) is 2. The minimum atomic E-state index is -4.60. The first-order valence-electron chi connectivity index (χ1n) is 4.37. The van der Waals surface area contributed by atoms with Crippen molar-refractivity contribution in [2.45, 2.75) is 26.6 Å². The van der Waals surface area contributed by atoms with Gasteiger partial charge in [-0.2, -0.15) is 8.42 Å². The van der Waals surface area contributed by atoms with E-state index in [1.54, 1.807) is 20.8 Å². The van der Waals surface area contributed by atoms with Gasteiger partial charge in [-0.1, -0.05) is 20.8 Å². The van der Waals surface area contributed by atoms with Crippen LogP contribution in [0.4, 0.5) is 3.89 Å². The van der Waals surface area contributed by atoms with Gasteiger partial charge in [0.05, 0.1) is 13.2 Å². The van der Waals surface area contributed by atoms with Crippen molar-refractivity contribution in [1.29, 1.82) is 0 Å². The molecule has 84 valence electrons. The molecule has 0 aliphatic carbocycles. The Morgan fingerprint density at radius 1 is 1.29 bits per heavy atom. The zero-order chi connectivity index (χ0) is 11.0. The second-order valence-electron chi connectivity index (χ2n) is 4.38. The van der Waals surface area contributed by atoms with Gasteiger partial charge in [-0.3, -0.25) is 0 Å². The standard InChI is InChI=1S/C8H15FO4S/c1-7(2,3)8(6-14(9,10)11)12-4-5-13-8/h4-6H2,1-3H3. The van der Waals surface area contributed by atoms with Crippen LogP contribution in [0.1, 0.15) is 20.8 Å². The Hall–Kier alpha value is -0.200. The van der Waals surface area contributed by atoms with E-state index in [1.807, 2.05) is 0 Å². The fourth-order valence-electron chi connectivity index (χ4n) is 1.41. The van der Waals surface area contributed by atoms with Crippen LogP contribution < -0.4 is 0 Å². The van der Waals surface area contributed by atoms with E-state index in [-0.39, 0.29) is 0 Å². The fourth-order valence-corrected chi connectivity index (χ4v) is 2.47. The highest BCUT2D eigenvalue weighted by molar-refractivity contribution is 7.86. The number of rotatable bonds is 2. The minimum Gasteiger partial charge on any atom is -0.346 e. The summed E-state index contributed by atoms with van der Waals surface area (Å²) in [5.41, 5.74) is -0.581. The van der Waals surface area contributed by atoms with Crippen LogP contribution in [0.2, 0.25) is 0 Å². The molecule has 0 saturated carbocycles. The van der Waals surface area contributed by atoms with Gasteiger partial charge in [-0.05, 0) is 0 Å². The van der Waals surface area contributed by atoms with Crippen LogP contribution >= 0.6 is 0 Å². The van der Waals surface area contributed by atoms with Crippen molar-refractivity contribution in [2.24, 2.45) is 5.41 Å². The second kappa shape index (κ2) is 3.43. The molecule has 0 unspecified atom stereocenters. The quantitative estimate of drug-likeness (QED) is 0.661. The van der Waals surface area contributed by atoms with E-state index < -0.39 is 27.2 Å². The molecule has 0 radical (unpaired) electrons. The largest absolute Gasteiger partial charge is 0.346 e. The van der Waals surface area contributed by atoms with Crippen molar-refractivity contribution in [1.82, 2.24) is 0 Å². The van der Waals surface area contributed by atoms with Gasteiger partial charge in [0.2, 0.25) is 0 Å². The molecular formula is C8H15FO4S. The molecule has 1 heterocycles. The van der Waals surface area contributed by atoms with Gasteiger partial charge in [0.15, 0.2) is 5.79 Å². The highest BCUT2D eigenvalue weighted by atomic mass is 32.3. The maximum atomic E-state index is 12.6. The Morgan fingerprint density at radius 2 is 1.71 bits per heavy atom. The summed E-state index contributed by atoms with van der Waals surface area (Å²) in [7, 11) is -4.60. The minimum absolute atomic E-state index is 0.298. The zero-order valence-electron chi connectivity index (χ0n) is 8.54. The average Bonchev–Trinajstić information content (AvgIpc) is 2.31. The first kappa shape index (κ1) is 11.9. The van der Waals surface area contributed by atoms with E-state index in [0.29, 0.717) is 13.2 Å². The highest BCUT2D eigenvalue weighted by Gasteiger charge is 2.50. The smallest absolute Gasteiger partial charge is 0.307 e. The van der Waals surface area contributed by atoms with Crippen molar-refractivity contribution >= 4 is 10.2 Å². The third kappa shape index (κ3) is 2.43. The van der Waals surface area contributed by atoms with E-state index in [2.05, 4.69) is 0 Å². The Labute approximate surface area is 83.6 Å². The lowest BCUT2D eigenvalue weighted by Gasteiger charge is -2.38. The molecule has 0 spiro atoms. The van der Waals surface area contributed by atoms with Gasteiger partial charge in [0.1, 0.15) is 5.75 Å².